The number of carbonyl (C=O) groups excluding carboxylic acids is 1. The van der Waals surface area contributed by atoms with E-state index in [9.17, 15) is 4.79 Å². The van der Waals surface area contributed by atoms with Crippen LogP contribution in [0, 0.1) is 0 Å². The molecule has 1 unspecified atom stereocenters. The molecule has 0 N–H and O–H groups in total. The summed E-state index contributed by atoms with van der Waals surface area (Å²) in [4.78, 5) is 12.2. The number of allylic oxidation sites excluding steroid dienone is 2. The van der Waals surface area contributed by atoms with Crippen molar-refractivity contribution in [2.45, 2.75) is 50.2 Å². The molecule has 78 valence electrons. The van der Waals surface area contributed by atoms with E-state index < -0.39 is 0 Å². The van der Waals surface area contributed by atoms with Gasteiger partial charge in [0.2, 0.25) is 0 Å². The summed E-state index contributed by atoms with van der Waals surface area (Å²) >= 11 is 1.86. The third kappa shape index (κ3) is 1.90. The van der Waals surface area contributed by atoms with Gasteiger partial charge in [-0.1, -0.05) is 6.08 Å². The monoisotopic (exact) mass is 210 g/mol. The Morgan fingerprint density at radius 2 is 2.29 bits per heavy atom. The summed E-state index contributed by atoms with van der Waals surface area (Å²) in [5, 5.41) is 0. The van der Waals surface area contributed by atoms with Crippen LogP contribution in [-0.4, -0.2) is 16.3 Å². The van der Waals surface area contributed by atoms with Gasteiger partial charge < -0.3 is 0 Å². The maximum absolute atomic E-state index is 12.2. The second kappa shape index (κ2) is 4.09. The van der Waals surface area contributed by atoms with Crippen molar-refractivity contribution in [1.29, 1.82) is 0 Å². The van der Waals surface area contributed by atoms with E-state index in [4.69, 9.17) is 0 Å². The van der Waals surface area contributed by atoms with Crippen LogP contribution in [0.5, 0.6) is 0 Å². The predicted molar refractivity (Wildman–Crippen MR) is 61.7 cm³/mol. The normalized spacial score (nSPS) is 32.8. The van der Waals surface area contributed by atoms with Gasteiger partial charge in [-0.3, -0.25) is 4.79 Å². The number of thioether (sulfide) groups is 1. The third-order valence-electron chi connectivity index (χ3n) is 3.28. The van der Waals surface area contributed by atoms with E-state index in [1.54, 1.807) is 0 Å². The molecule has 2 rings (SSSR count). The average molecular weight is 210 g/mol. The lowest BCUT2D eigenvalue weighted by atomic mass is 9.88. The Morgan fingerprint density at radius 1 is 1.43 bits per heavy atom. The highest BCUT2D eigenvalue weighted by Crippen LogP contribution is 2.41. The smallest absolute Gasteiger partial charge is 0.174 e. The van der Waals surface area contributed by atoms with Crippen molar-refractivity contribution in [1.82, 2.24) is 0 Å². The molecule has 0 amide bonds. The van der Waals surface area contributed by atoms with E-state index >= 15 is 0 Å². The Morgan fingerprint density at radius 3 is 2.86 bits per heavy atom. The SMILES string of the molecule is CC1(C(=O)C2=CCCCC2)CCCS1. The zero-order valence-corrected chi connectivity index (χ0v) is 9.66. The molecule has 0 saturated carbocycles. The molecule has 1 atom stereocenters. The van der Waals surface area contributed by atoms with E-state index in [1.807, 2.05) is 11.8 Å². The fraction of sp³-hybridized carbons (Fsp3) is 0.750. The average Bonchev–Trinajstić information content (AvgIpc) is 2.67. The Labute approximate surface area is 90.3 Å². The van der Waals surface area contributed by atoms with Gasteiger partial charge >= 0.3 is 0 Å². The van der Waals surface area contributed by atoms with Crippen molar-refractivity contribution in [2.24, 2.45) is 0 Å². The topological polar surface area (TPSA) is 17.1 Å². The van der Waals surface area contributed by atoms with Crippen LogP contribution in [0.3, 0.4) is 0 Å². The number of hydrogen-bond donors (Lipinski definition) is 0. The van der Waals surface area contributed by atoms with Crippen molar-refractivity contribution in [3.63, 3.8) is 0 Å². The molecule has 1 heterocycles. The molecular weight excluding hydrogens is 192 g/mol. The lowest BCUT2D eigenvalue weighted by Crippen LogP contribution is -2.30. The minimum atomic E-state index is -0.0802. The van der Waals surface area contributed by atoms with Crippen molar-refractivity contribution in [3.05, 3.63) is 11.6 Å². The molecule has 0 aromatic heterocycles. The molecule has 0 spiro atoms. The first-order valence-electron chi connectivity index (χ1n) is 5.60. The summed E-state index contributed by atoms with van der Waals surface area (Å²) in [7, 11) is 0. The van der Waals surface area contributed by atoms with Crippen molar-refractivity contribution in [2.75, 3.05) is 5.75 Å². The van der Waals surface area contributed by atoms with Gasteiger partial charge in [-0.15, -0.1) is 11.8 Å². The summed E-state index contributed by atoms with van der Waals surface area (Å²) < 4.78 is -0.0802. The maximum atomic E-state index is 12.2. The molecule has 0 aromatic carbocycles. The van der Waals surface area contributed by atoms with Gasteiger partial charge in [0.05, 0.1) is 4.75 Å². The Bertz CT molecular complexity index is 261. The first-order chi connectivity index (χ1) is 6.72. The van der Waals surface area contributed by atoms with E-state index in [-0.39, 0.29) is 4.75 Å². The standard InChI is InChI=1S/C12H18OS/c1-12(8-5-9-14-12)11(13)10-6-3-2-4-7-10/h6H,2-5,7-9H2,1H3. The van der Waals surface area contributed by atoms with Crippen LogP contribution in [0.1, 0.15) is 45.4 Å². The van der Waals surface area contributed by atoms with Crippen LogP contribution in [0.4, 0.5) is 0 Å². The fourth-order valence-electron chi connectivity index (χ4n) is 2.34. The van der Waals surface area contributed by atoms with E-state index in [1.165, 1.54) is 19.3 Å². The highest BCUT2D eigenvalue weighted by Gasteiger charge is 2.38. The predicted octanol–water partition coefficient (Wildman–Crippen LogP) is 3.34. The van der Waals surface area contributed by atoms with Crippen molar-refractivity contribution < 1.29 is 4.79 Å². The molecule has 2 heteroatoms. The van der Waals surface area contributed by atoms with Crippen LogP contribution in [0.15, 0.2) is 11.6 Å². The molecule has 2 aliphatic rings. The van der Waals surface area contributed by atoms with Crippen LogP contribution < -0.4 is 0 Å². The van der Waals surface area contributed by atoms with Gasteiger partial charge in [0.15, 0.2) is 5.78 Å². The highest BCUT2D eigenvalue weighted by atomic mass is 32.2. The van der Waals surface area contributed by atoms with Crippen molar-refractivity contribution in [3.8, 4) is 0 Å². The lowest BCUT2D eigenvalue weighted by molar-refractivity contribution is -0.117. The molecule has 0 bridgehead atoms. The summed E-state index contributed by atoms with van der Waals surface area (Å²) in [6.45, 7) is 2.13. The van der Waals surface area contributed by atoms with E-state index in [0.717, 1.165) is 30.6 Å². The summed E-state index contributed by atoms with van der Waals surface area (Å²) in [6, 6.07) is 0. The maximum Gasteiger partial charge on any atom is 0.174 e. The summed E-state index contributed by atoms with van der Waals surface area (Å²) in [5.74, 6) is 1.59. The van der Waals surface area contributed by atoms with Crippen LogP contribution in [0.2, 0.25) is 0 Å². The van der Waals surface area contributed by atoms with Gasteiger partial charge in [0.1, 0.15) is 0 Å². The molecular formula is C12H18OS. The number of hydrogen-bond acceptors (Lipinski definition) is 2. The van der Waals surface area contributed by atoms with E-state index in [2.05, 4.69) is 13.0 Å². The van der Waals surface area contributed by atoms with Crippen LogP contribution in [0.25, 0.3) is 0 Å². The molecule has 14 heavy (non-hydrogen) atoms. The third-order valence-corrected chi connectivity index (χ3v) is 4.80. The Kier molecular flexibility index (Phi) is 3.01. The fourth-order valence-corrected chi connectivity index (χ4v) is 3.63. The van der Waals surface area contributed by atoms with Crippen molar-refractivity contribution >= 4 is 17.5 Å². The van der Waals surface area contributed by atoms with Gasteiger partial charge in [-0.05, 0) is 56.8 Å². The largest absolute Gasteiger partial charge is 0.293 e. The zero-order chi connectivity index (χ0) is 10.0. The van der Waals surface area contributed by atoms with E-state index in [0.29, 0.717) is 5.78 Å². The molecule has 1 aliphatic carbocycles. The summed E-state index contributed by atoms with van der Waals surface area (Å²) in [5.41, 5.74) is 1.12. The zero-order valence-electron chi connectivity index (χ0n) is 8.84. The molecule has 1 saturated heterocycles. The first kappa shape index (κ1) is 10.3. The number of rotatable bonds is 2. The lowest BCUT2D eigenvalue weighted by Gasteiger charge is -2.24. The summed E-state index contributed by atoms with van der Waals surface area (Å²) in [6.07, 6.45) is 9.07. The molecule has 1 nitrogen and oxygen atoms in total. The minimum Gasteiger partial charge on any atom is -0.293 e. The first-order valence-corrected chi connectivity index (χ1v) is 6.59. The quantitative estimate of drug-likeness (QED) is 0.695. The number of Topliss-reactive ketones (excluding diaryl/α,β-unsaturated/α-hetero) is 1. The molecule has 1 fully saturated rings. The van der Waals surface area contributed by atoms with Gasteiger partial charge in [0.25, 0.3) is 0 Å². The molecule has 0 radical (unpaired) electrons. The molecule has 0 aromatic rings. The number of ketones is 1. The molecule has 1 aliphatic heterocycles. The van der Waals surface area contributed by atoms with Gasteiger partial charge in [-0.2, -0.15) is 0 Å². The highest BCUT2D eigenvalue weighted by molar-refractivity contribution is 8.01. The Balaban J connectivity index is 2.10. The second-order valence-electron chi connectivity index (χ2n) is 4.49. The van der Waals surface area contributed by atoms with Crippen LogP contribution >= 0.6 is 11.8 Å². The van der Waals surface area contributed by atoms with Gasteiger partial charge in [-0.25, -0.2) is 0 Å². The number of carbonyl (C=O) groups is 1. The van der Waals surface area contributed by atoms with Gasteiger partial charge in [0, 0.05) is 0 Å². The van der Waals surface area contributed by atoms with Crippen LogP contribution in [-0.2, 0) is 4.79 Å². The Hall–Kier alpha value is -0.240. The minimum absolute atomic E-state index is 0.0802. The second-order valence-corrected chi connectivity index (χ2v) is 6.09.